The summed E-state index contributed by atoms with van der Waals surface area (Å²) in [6.45, 7) is 4.12. The first-order valence-electron chi connectivity index (χ1n) is 8.76. The van der Waals surface area contributed by atoms with Crippen molar-refractivity contribution in [3.8, 4) is 5.75 Å². The van der Waals surface area contributed by atoms with Crippen LogP contribution in [0.25, 0.3) is 0 Å². The first-order valence-corrected chi connectivity index (χ1v) is 8.76. The molecule has 0 saturated carbocycles. The minimum atomic E-state index is 0.0159. The van der Waals surface area contributed by atoms with Gasteiger partial charge in [0.2, 0.25) is 5.91 Å². The maximum Gasteiger partial charge on any atom is 0.223 e. The average molecular weight is 342 g/mol. The van der Waals surface area contributed by atoms with E-state index in [1.165, 1.54) is 0 Å². The summed E-state index contributed by atoms with van der Waals surface area (Å²) in [6, 6.07) is 8.07. The molecule has 1 aliphatic rings. The van der Waals surface area contributed by atoms with Crippen LogP contribution in [0.2, 0.25) is 0 Å². The second-order valence-corrected chi connectivity index (χ2v) is 6.48. The summed E-state index contributed by atoms with van der Waals surface area (Å²) in [4.78, 5) is 18.5. The van der Waals surface area contributed by atoms with E-state index in [1.807, 2.05) is 54.9 Å². The Morgan fingerprint density at radius 3 is 2.84 bits per heavy atom. The molecule has 134 valence electrons. The van der Waals surface area contributed by atoms with Gasteiger partial charge in [-0.05, 0) is 13.0 Å². The highest BCUT2D eigenvalue weighted by Crippen LogP contribution is 2.35. The van der Waals surface area contributed by atoms with Crippen LogP contribution in [0.1, 0.15) is 30.8 Å². The fourth-order valence-electron chi connectivity index (χ4n) is 3.52. The van der Waals surface area contributed by atoms with Crippen molar-refractivity contribution in [1.29, 1.82) is 0 Å². The number of carbonyl (C=O) groups excluding carboxylic acids is 1. The topological polar surface area (TPSA) is 59.4 Å². The number of hydrogen-bond acceptors (Lipinski definition) is 4. The third-order valence-electron chi connectivity index (χ3n) is 4.81. The number of likely N-dealkylation sites (tertiary alicyclic amines) is 1. The van der Waals surface area contributed by atoms with Crippen LogP contribution in [0.4, 0.5) is 0 Å². The van der Waals surface area contributed by atoms with E-state index in [0.29, 0.717) is 13.0 Å². The van der Waals surface area contributed by atoms with E-state index in [2.05, 4.69) is 16.4 Å². The molecule has 6 nitrogen and oxygen atoms in total. The molecule has 1 aromatic heterocycles. The molecular weight excluding hydrogens is 316 g/mol. The molecule has 0 radical (unpaired) electrons. The maximum absolute atomic E-state index is 12.2. The third kappa shape index (κ3) is 3.69. The van der Waals surface area contributed by atoms with Crippen LogP contribution in [0.5, 0.6) is 5.75 Å². The van der Waals surface area contributed by atoms with Crippen molar-refractivity contribution in [3.05, 3.63) is 48.0 Å². The third-order valence-corrected chi connectivity index (χ3v) is 4.81. The van der Waals surface area contributed by atoms with E-state index in [9.17, 15) is 4.79 Å². The summed E-state index contributed by atoms with van der Waals surface area (Å²) in [5.41, 5.74) is 1.13. The quantitative estimate of drug-likeness (QED) is 0.837. The summed E-state index contributed by atoms with van der Waals surface area (Å²) >= 11 is 0. The van der Waals surface area contributed by atoms with Gasteiger partial charge >= 0.3 is 0 Å². The number of imidazole rings is 1. The van der Waals surface area contributed by atoms with Gasteiger partial charge < -0.3 is 19.5 Å². The molecule has 25 heavy (non-hydrogen) atoms. The Morgan fingerprint density at radius 1 is 1.32 bits per heavy atom. The monoisotopic (exact) mass is 342 g/mol. The molecule has 1 saturated heterocycles. The summed E-state index contributed by atoms with van der Waals surface area (Å²) in [5, 5.41) is 3.50. The second-order valence-electron chi connectivity index (χ2n) is 6.48. The minimum Gasteiger partial charge on any atom is -0.494 e. The lowest BCUT2D eigenvalue weighted by Gasteiger charge is -2.25. The van der Waals surface area contributed by atoms with Crippen LogP contribution >= 0.6 is 0 Å². The van der Waals surface area contributed by atoms with E-state index >= 15 is 0 Å². The van der Waals surface area contributed by atoms with Crippen LogP contribution < -0.4 is 10.1 Å². The molecule has 1 amide bonds. The Morgan fingerprint density at radius 2 is 2.12 bits per heavy atom. The zero-order valence-electron chi connectivity index (χ0n) is 15.1. The van der Waals surface area contributed by atoms with Gasteiger partial charge in [0.1, 0.15) is 11.6 Å². The van der Waals surface area contributed by atoms with Crippen molar-refractivity contribution >= 4 is 5.91 Å². The van der Waals surface area contributed by atoms with Gasteiger partial charge in [-0.2, -0.15) is 0 Å². The Labute approximate surface area is 148 Å². The van der Waals surface area contributed by atoms with Gasteiger partial charge in [0.05, 0.1) is 12.6 Å². The van der Waals surface area contributed by atoms with Crippen molar-refractivity contribution in [3.63, 3.8) is 0 Å². The Kier molecular flexibility index (Phi) is 5.38. The first kappa shape index (κ1) is 17.5. The SMILES string of the molecule is CCOc1ccccc1CNC[C@@H]1CC(=O)N(C)[C@H]1c1nccn1C. The van der Waals surface area contributed by atoms with Crippen LogP contribution in [0.3, 0.4) is 0 Å². The normalized spacial score (nSPS) is 20.3. The van der Waals surface area contributed by atoms with Crippen molar-refractivity contribution in [2.24, 2.45) is 13.0 Å². The fraction of sp³-hybridized carbons (Fsp3) is 0.474. The van der Waals surface area contributed by atoms with E-state index in [1.54, 1.807) is 6.20 Å². The van der Waals surface area contributed by atoms with Crippen LogP contribution in [-0.2, 0) is 18.4 Å². The van der Waals surface area contributed by atoms with Crippen molar-refractivity contribution in [1.82, 2.24) is 19.8 Å². The highest BCUT2D eigenvalue weighted by Gasteiger charge is 2.40. The largest absolute Gasteiger partial charge is 0.494 e. The van der Waals surface area contributed by atoms with Crippen molar-refractivity contribution < 1.29 is 9.53 Å². The summed E-state index contributed by atoms with van der Waals surface area (Å²) < 4.78 is 7.67. The molecule has 2 aromatic rings. The lowest BCUT2D eigenvalue weighted by Crippen LogP contribution is -2.30. The number of nitrogens with zero attached hydrogens (tertiary/aromatic N) is 3. The van der Waals surface area contributed by atoms with Crippen LogP contribution in [0, 0.1) is 5.92 Å². The van der Waals surface area contributed by atoms with Gasteiger partial charge in [-0.1, -0.05) is 18.2 Å². The molecule has 6 heteroatoms. The van der Waals surface area contributed by atoms with Crippen molar-refractivity contribution in [2.45, 2.75) is 25.9 Å². The van der Waals surface area contributed by atoms with Gasteiger partial charge in [-0.25, -0.2) is 4.98 Å². The van der Waals surface area contributed by atoms with E-state index in [4.69, 9.17) is 4.74 Å². The van der Waals surface area contributed by atoms with Gasteiger partial charge in [0.25, 0.3) is 0 Å². The smallest absolute Gasteiger partial charge is 0.223 e. The molecule has 1 fully saturated rings. The number of hydrogen-bond donors (Lipinski definition) is 1. The number of rotatable bonds is 7. The summed E-state index contributed by atoms with van der Waals surface area (Å²) in [6.07, 6.45) is 4.26. The first-order chi connectivity index (χ1) is 12.1. The van der Waals surface area contributed by atoms with Crippen LogP contribution in [-0.4, -0.2) is 40.6 Å². The molecule has 1 aliphatic heterocycles. The molecule has 2 atom stereocenters. The predicted octanol–water partition coefficient (Wildman–Crippen LogP) is 2.13. The number of aryl methyl sites for hydroxylation is 1. The van der Waals surface area contributed by atoms with Gasteiger partial charge in [-0.15, -0.1) is 0 Å². The van der Waals surface area contributed by atoms with Gasteiger partial charge in [0.15, 0.2) is 0 Å². The Hall–Kier alpha value is -2.34. The van der Waals surface area contributed by atoms with Gasteiger partial charge in [0, 0.05) is 57.5 Å². The fourth-order valence-corrected chi connectivity index (χ4v) is 3.52. The molecule has 0 bridgehead atoms. The number of para-hydroxylation sites is 1. The summed E-state index contributed by atoms with van der Waals surface area (Å²) in [7, 11) is 3.84. The van der Waals surface area contributed by atoms with E-state index < -0.39 is 0 Å². The van der Waals surface area contributed by atoms with E-state index in [-0.39, 0.29) is 17.9 Å². The number of ether oxygens (including phenoxy) is 1. The highest BCUT2D eigenvalue weighted by atomic mass is 16.5. The minimum absolute atomic E-state index is 0.0159. The van der Waals surface area contributed by atoms with Crippen molar-refractivity contribution in [2.75, 3.05) is 20.2 Å². The highest BCUT2D eigenvalue weighted by molar-refractivity contribution is 5.79. The average Bonchev–Trinajstić information content (AvgIpc) is 3.13. The standard InChI is InChI=1S/C19H26N4O2/c1-4-25-16-8-6-5-7-14(16)12-20-13-15-11-17(24)23(3)18(15)19-21-9-10-22(19)2/h5-10,15,18,20H,4,11-13H2,1-3H3/t15-,18+/m0/s1. The molecule has 0 unspecified atom stereocenters. The summed E-state index contributed by atoms with van der Waals surface area (Å²) in [5.74, 6) is 2.24. The molecule has 1 N–H and O–H groups in total. The molecule has 2 heterocycles. The Balaban J connectivity index is 1.66. The molecule has 0 aliphatic carbocycles. The Bertz CT molecular complexity index is 728. The zero-order chi connectivity index (χ0) is 17.8. The predicted molar refractivity (Wildman–Crippen MR) is 96.1 cm³/mol. The number of aromatic nitrogens is 2. The zero-order valence-corrected chi connectivity index (χ0v) is 15.1. The number of carbonyl (C=O) groups is 1. The molecular formula is C19H26N4O2. The lowest BCUT2D eigenvalue weighted by molar-refractivity contribution is -0.127. The van der Waals surface area contributed by atoms with E-state index in [0.717, 1.165) is 30.2 Å². The molecule has 1 aromatic carbocycles. The lowest BCUT2D eigenvalue weighted by atomic mass is 9.99. The molecule has 3 rings (SSSR count). The van der Waals surface area contributed by atoms with Crippen LogP contribution in [0.15, 0.2) is 36.7 Å². The van der Waals surface area contributed by atoms with Gasteiger partial charge in [-0.3, -0.25) is 4.79 Å². The number of nitrogens with one attached hydrogen (secondary N) is 1. The maximum atomic E-state index is 12.2. The number of amides is 1. The second kappa shape index (κ2) is 7.70. The molecule has 0 spiro atoms. The number of benzene rings is 1.